The van der Waals surface area contributed by atoms with E-state index in [4.69, 9.17) is 37.0 Å². The van der Waals surface area contributed by atoms with Gasteiger partial charge in [0.1, 0.15) is 19.3 Å². The maximum Gasteiger partial charge on any atom is 0.472 e. The number of phosphoric acid groups is 2. The minimum atomic E-state index is -4.95. The van der Waals surface area contributed by atoms with Crippen LogP contribution in [-0.4, -0.2) is 96.7 Å². The molecule has 534 valence electrons. The third kappa shape index (κ3) is 63.5. The van der Waals surface area contributed by atoms with Crippen molar-refractivity contribution in [3.05, 3.63) is 0 Å². The Kier molecular flexibility index (Phi) is 60.6. The van der Waals surface area contributed by atoms with Crippen LogP contribution in [0.25, 0.3) is 0 Å². The van der Waals surface area contributed by atoms with Gasteiger partial charge < -0.3 is 33.8 Å². The molecule has 0 fully saturated rings. The molecule has 0 saturated carbocycles. The second-order valence-electron chi connectivity index (χ2n) is 26.8. The highest BCUT2D eigenvalue weighted by atomic mass is 31.2. The molecule has 0 saturated heterocycles. The number of carbonyl (C=O) groups excluding carboxylic acids is 4. The van der Waals surface area contributed by atoms with Crippen LogP contribution in [0.2, 0.25) is 0 Å². The van der Waals surface area contributed by atoms with Crippen LogP contribution < -0.4 is 0 Å². The SMILES string of the molecule is CCCCCCCCCCCCCCCCC(=O)OC[C@H](COP(=O)(O)OC[C@@H](O)COP(=O)(O)OC[C@@H](COC(=O)CCCCCCCCC(C)CC)OC(=O)CCCCCCCCCCCC(C)C)OC(=O)CCCCCCCCCCCCCC(C)C. The van der Waals surface area contributed by atoms with Crippen LogP contribution in [0.15, 0.2) is 0 Å². The van der Waals surface area contributed by atoms with Gasteiger partial charge in [0.05, 0.1) is 26.4 Å². The Morgan fingerprint density at radius 2 is 0.567 bits per heavy atom. The Morgan fingerprint density at radius 1 is 0.322 bits per heavy atom. The average molecular weight is 1330 g/mol. The fourth-order valence-electron chi connectivity index (χ4n) is 10.7. The molecular formula is C71H138O17P2. The number of hydrogen-bond acceptors (Lipinski definition) is 15. The molecule has 19 heteroatoms. The third-order valence-corrected chi connectivity index (χ3v) is 18.6. The van der Waals surface area contributed by atoms with Crippen molar-refractivity contribution in [1.29, 1.82) is 0 Å². The Bertz CT molecular complexity index is 1770. The van der Waals surface area contributed by atoms with Crippen molar-refractivity contribution in [1.82, 2.24) is 0 Å². The van der Waals surface area contributed by atoms with Gasteiger partial charge in [0.25, 0.3) is 0 Å². The lowest BCUT2D eigenvalue weighted by Crippen LogP contribution is -2.30. The van der Waals surface area contributed by atoms with Crippen LogP contribution in [0.5, 0.6) is 0 Å². The number of carbonyl (C=O) groups is 4. The lowest BCUT2D eigenvalue weighted by molar-refractivity contribution is -0.161. The Balaban J connectivity index is 5.26. The molecule has 17 nitrogen and oxygen atoms in total. The molecule has 0 radical (unpaired) electrons. The van der Waals surface area contributed by atoms with E-state index in [-0.39, 0.29) is 25.7 Å². The highest BCUT2D eigenvalue weighted by molar-refractivity contribution is 7.47. The Hall–Kier alpha value is -1.94. The van der Waals surface area contributed by atoms with Crippen LogP contribution in [0, 0.1) is 17.8 Å². The van der Waals surface area contributed by atoms with Gasteiger partial charge in [0.15, 0.2) is 12.2 Å². The first-order chi connectivity index (χ1) is 43.3. The fraction of sp³-hybridized carbons (Fsp3) is 0.944. The summed E-state index contributed by atoms with van der Waals surface area (Å²) in [5.41, 5.74) is 0. The van der Waals surface area contributed by atoms with E-state index >= 15 is 0 Å². The predicted octanol–water partition coefficient (Wildman–Crippen LogP) is 20.2. The van der Waals surface area contributed by atoms with E-state index < -0.39 is 97.5 Å². The second-order valence-corrected chi connectivity index (χ2v) is 29.7. The van der Waals surface area contributed by atoms with E-state index in [0.29, 0.717) is 25.7 Å². The van der Waals surface area contributed by atoms with Crippen molar-refractivity contribution in [2.75, 3.05) is 39.6 Å². The summed E-state index contributed by atoms with van der Waals surface area (Å²) in [7, 11) is -9.90. The minimum Gasteiger partial charge on any atom is -0.462 e. The molecule has 0 rings (SSSR count). The maximum absolute atomic E-state index is 13.0. The third-order valence-electron chi connectivity index (χ3n) is 16.7. The number of rotatable bonds is 69. The van der Waals surface area contributed by atoms with Gasteiger partial charge in [-0.05, 0) is 43.4 Å². The molecule has 0 spiro atoms. The summed E-state index contributed by atoms with van der Waals surface area (Å²) in [5, 5.41) is 10.6. The summed E-state index contributed by atoms with van der Waals surface area (Å²) in [6, 6.07) is 0. The number of aliphatic hydroxyl groups excluding tert-OH is 1. The molecule has 6 atom stereocenters. The summed E-state index contributed by atoms with van der Waals surface area (Å²) >= 11 is 0. The first-order valence-corrected chi connectivity index (χ1v) is 39.9. The van der Waals surface area contributed by atoms with Crippen LogP contribution in [-0.2, 0) is 65.4 Å². The zero-order chi connectivity index (χ0) is 66.6. The largest absolute Gasteiger partial charge is 0.472 e. The van der Waals surface area contributed by atoms with E-state index in [9.17, 15) is 43.2 Å². The normalized spacial score (nSPS) is 14.5. The molecular weight excluding hydrogens is 1190 g/mol. The highest BCUT2D eigenvalue weighted by Crippen LogP contribution is 2.45. The van der Waals surface area contributed by atoms with Gasteiger partial charge in [-0.2, -0.15) is 0 Å². The fourth-order valence-corrected chi connectivity index (χ4v) is 12.3. The van der Waals surface area contributed by atoms with E-state index in [2.05, 4.69) is 48.5 Å². The summed E-state index contributed by atoms with van der Waals surface area (Å²) in [6.07, 6.45) is 45.8. The van der Waals surface area contributed by atoms with Crippen LogP contribution in [0.1, 0.15) is 357 Å². The lowest BCUT2D eigenvalue weighted by atomic mass is 10.00. The molecule has 0 bridgehead atoms. The van der Waals surface area contributed by atoms with Gasteiger partial charge in [-0.3, -0.25) is 37.3 Å². The minimum absolute atomic E-state index is 0.104. The number of esters is 4. The van der Waals surface area contributed by atoms with Gasteiger partial charge in [-0.15, -0.1) is 0 Å². The first-order valence-electron chi connectivity index (χ1n) is 36.9. The summed E-state index contributed by atoms with van der Waals surface area (Å²) in [5.74, 6) is 0.107. The van der Waals surface area contributed by atoms with Gasteiger partial charge in [0.2, 0.25) is 0 Å². The van der Waals surface area contributed by atoms with Crippen molar-refractivity contribution < 1.29 is 80.2 Å². The summed E-state index contributed by atoms with van der Waals surface area (Å²) in [4.78, 5) is 72.6. The second kappa shape index (κ2) is 61.9. The number of unbranched alkanes of at least 4 members (excludes halogenated alkanes) is 36. The van der Waals surface area contributed by atoms with Gasteiger partial charge in [-0.1, -0.05) is 305 Å². The lowest BCUT2D eigenvalue weighted by Gasteiger charge is -2.21. The number of ether oxygens (including phenoxy) is 4. The quantitative estimate of drug-likeness (QED) is 0.0222. The zero-order valence-corrected chi connectivity index (χ0v) is 60.4. The predicted molar refractivity (Wildman–Crippen MR) is 363 cm³/mol. The Labute approximate surface area is 549 Å². The monoisotopic (exact) mass is 1320 g/mol. The summed E-state index contributed by atoms with van der Waals surface area (Å²) in [6.45, 7) is 11.8. The topological polar surface area (TPSA) is 237 Å². The molecule has 0 aromatic carbocycles. The zero-order valence-electron chi connectivity index (χ0n) is 58.6. The molecule has 0 heterocycles. The van der Waals surface area contributed by atoms with E-state index in [1.807, 2.05) is 0 Å². The molecule has 90 heavy (non-hydrogen) atoms. The number of aliphatic hydroxyl groups is 1. The van der Waals surface area contributed by atoms with Gasteiger partial charge in [-0.25, -0.2) is 9.13 Å². The molecule has 0 aromatic heterocycles. The van der Waals surface area contributed by atoms with E-state index in [1.54, 1.807) is 0 Å². The van der Waals surface area contributed by atoms with E-state index in [1.165, 1.54) is 161 Å². The van der Waals surface area contributed by atoms with Gasteiger partial charge >= 0.3 is 39.5 Å². The smallest absolute Gasteiger partial charge is 0.462 e. The van der Waals surface area contributed by atoms with Crippen molar-refractivity contribution >= 4 is 39.5 Å². The molecule has 0 aromatic rings. The molecule has 0 aliphatic carbocycles. The molecule has 0 amide bonds. The van der Waals surface area contributed by atoms with Crippen LogP contribution in [0.3, 0.4) is 0 Å². The van der Waals surface area contributed by atoms with Crippen molar-refractivity contribution in [3.63, 3.8) is 0 Å². The molecule has 0 aliphatic heterocycles. The first kappa shape index (κ1) is 88.1. The standard InChI is InChI=1S/C71H138O17P2/c1-8-10-11-12-13-14-15-16-17-20-25-30-38-45-52-68(73)81-58-66(87-70(75)54-47-40-31-26-21-18-19-23-28-35-42-49-62(3)4)60-85-89(77,78)83-56-65(72)57-84-90(79,80)86-61-67(59-82-69(74)53-46-39-34-33-37-44-51-64(7)9-2)88-71(76)55-48-41-32-27-22-24-29-36-43-50-63(5)6/h62-67,72H,8-61H2,1-7H3,(H,77,78)(H,79,80)/t64?,65-,66-,67-/m1/s1. The molecule has 3 unspecified atom stereocenters. The molecule has 0 aliphatic rings. The average Bonchev–Trinajstić information content (AvgIpc) is 3.67. The molecule has 3 N–H and O–H groups in total. The number of hydrogen-bond donors (Lipinski definition) is 3. The van der Waals surface area contributed by atoms with E-state index in [0.717, 1.165) is 114 Å². The maximum atomic E-state index is 13.0. The van der Waals surface area contributed by atoms with Crippen LogP contribution >= 0.6 is 15.6 Å². The Morgan fingerprint density at radius 3 is 0.844 bits per heavy atom. The van der Waals surface area contributed by atoms with Gasteiger partial charge in [0, 0.05) is 25.7 Å². The summed E-state index contributed by atoms with van der Waals surface area (Å²) < 4.78 is 68.3. The highest BCUT2D eigenvalue weighted by Gasteiger charge is 2.30. The van der Waals surface area contributed by atoms with Crippen molar-refractivity contribution in [2.45, 2.75) is 375 Å². The van der Waals surface area contributed by atoms with Crippen LogP contribution in [0.4, 0.5) is 0 Å². The van der Waals surface area contributed by atoms with Crippen molar-refractivity contribution in [2.24, 2.45) is 17.8 Å². The number of phosphoric ester groups is 2. The van der Waals surface area contributed by atoms with Crippen molar-refractivity contribution in [3.8, 4) is 0 Å².